The van der Waals surface area contributed by atoms with E-state index in [1.165, 1.54) is 5.70 Å². The quantitative estimate of drug-likeness (QED) is 0.680. The van der Waals surface area contributed by atoms with Crippen molar-refractivity contribution in [3.63, 3.8) is 0 Å². The van der Waals surface area contributed by atoms with E-state index in [1.54, 1.807) is 0 Å². The molecule has 2 nitrogen and oxygen atoms in total. The van der Waals surface area contributed by atoms with E-state index in [0.29, 0.717) is 0 Å². The highest BCUT2D eigenvalue weighted by Crippen LogP contribution is 2.27. The Balaban J connectivity index is 2.30. The Kier molecular flexibility index (Phi) is 2.27. The van der Waals surface area contributed by atoms with Gasteiger partial charge in [0.25, 0.3) is 0 Å². The summed E-state index contributed by atoms with van der Waals surface area (Å²) in [6.07, 6.45) is 0. The molecule has 0 N–H and O–H groups in total. The maximum Gasteiger partial charge on any atom is 0.133 e. The zero-order valence-corrected chi connectivity index (χ0v) is 8.64. The second kappa shape index (κ2) is 3.42. The number of aromatic nitrogens is 1. The SMILES string of the molecule is CC1=CSCN1c1cccc(C)n1. The van der Waals surface area contributed by atoms with Crippen molar-refractivity contribution in [2.75, 3.05) is 10.8 Å². The molecule has 1 aliphatic heterocycles. The molecule has 2 rings (SSSR count). The minimum absolute atomic E-state index is 0.988. The predicted molar refractivity (Wildman–Crippen MR) is 57.7 cm³/mol. The summed E-state index contributed by atoms with van der Waals surface area (Å²) in [5.41, 5.74) is 2.35. The normalized spacial score (nSPS) is 16.2. The third kappa shape index (κ3) is 1.70. The molecule has 0 spiro atoms. The lowest BCUT2D eigenvalue weighted by atomic mass is 10.3. The van der Waals surface area contributed by atoms with Crippen LogP contribution in [0.2, 0.25) is 0 Å². The highest BCUT2D eigenvalue weighted by Gasteiger charge is 2.14. The Morgan fingerprint density at radius 2 is 2.23 bits per heavy atom. The first kappa shape index (κ1) is 8.63. The molecule has 0 aliphatic carbocycles. The number of nitrogens with zero attached hydrogens (tertiary/aromatic N) is 2. The second-order valence-electron chi connectivity index (χ2n) is 3.12. The summed E-state index contributed by atoms with van der Waals surface area (Å²) in [7, 11) is 0. The van der Waals surface area contributed by atoms with Gasteiger partial charge in [-0.25, -0.2) is 4.98 Å². The summed E-state index contributed by atoms with van der Waals surface area (Å²) in [5.74, 6) is 2.04. The minimum atomic E-state index is 0.988. The molecule has 1 aromatic rings. The van der Waals surface area contributed by atoms with Crippen molar-refractivity contribution in [2.24, 2.45) is 0 Å². The first-order valence-electron chi connectivity index (χ1n) is 4.27. The van der Waals surface area contributed by atoms with Crippen LogP contribution in [0.25, 0.3) is 0 Å². The summed E-state index contributed by atoms with van der Waals surface area (Å²) < 4.78 is 0. The standard InChI is InChI=1S/C10H12N2S/c1-8-4-3-5-10(11-8)12-7-13-6-9(12)2/h3-6H,7H2,1-2H3. The van der Waals surface area contributed by atoms with Crippen LogP contribution < -0.4 is 4.90 Å². The largest absolute Gasteiger partial charge is 0.320 e. The van der Waals surface area contributed by atoms with E-state index in [4.69, 9.17) is 0 Å². The topological polar surface area (TPSA) is 16.1 Å². The van der Waals surface area contributed by atoms with Crippen LogP contribution in [0.4, 0.5) is 5.82 Å². The number of hydrogen-bond acceptors (Lipinski definition) is 3. The van der Waals surface area contributed by atoms with Crippen molar-refractivity contribution in [2.45, 2.75) is 13.8 Å². The van der Waals surface area contributed by atoms with Crippen molar-refractivity contribution < 1.29 is 0 Å². The Morgan fingerprint density at radius 3 is 2.85 bits per heavy atom. The van der Waals surface area contributed by atoms with E-state index in [1.807, 2.05) is 30.8 Å². The fourth-order valence-electron chi connectivity index (χ4n) is 1.32. The van der Waals surface area contributed by atoms with Gasteiger partial charge in [0.05, 0.1) is 5.88 Å². The first-order chi connectivity index (χ1) is 6.27. The van der Waals surface area contributed by atoms with Crippen LogP contribution in [0.3, 0.4) is 0 Å². The number of aryl methyl sites for hydroxylation is 1. The molecule has 0 fully saturated rings. The van der Waals surface area contributed by atoms with Gasteiger partial charge < -0.3 is 4.90 Å². The van der Waals surface area contributed by atoms with Gasteiger partial charge in [0.1, 0.15) is 5.82 Å². The van der Waals surface area contributed by atoms with E-state index in [9.17, 15) is 0 Å². The maximum absolute atomic E-state index is 4.48. The molecule has 3 heteroatoms. The van der Waals surface area contributed by atoms with Crippen molar-refractivity contribution in [3.05, 3.63) is 35.0 Å². The molecule has 1 aromatic heterocycles. The monoisotopic (exact) mass is 192 g/mol. The molecule has 0 amide bonds. The highest BCUT2D eigenvalue weighted by molar-refractivity contribution is 8.02. The van der Waals surface area contributed by atoms with Gasteiger partial charge in [0.15, 0.2) is 0 Å². The summed E-state index contributed by atoms with van der Waals surface area (Å²) in [4.78, 5) is 6.70. The number of thioether (sulfide) groups is 1. The van der Waals surface area contributed by atoms with E-state index < -0.39 is 0 Å². The van der Waals surface area contributed by atoms with Crippen LogP contribution in [0.1, 0.15) is 12.6 Å². The zero-order chi connectivity index (χ0) is 9.26. The van der Waals surface area contributed by atoms with E-state index >= 15 is 0 Å². The minimum Gasteiger partial charge on any atom is -0.320 e. The van der Waals surface area contributed by atoms with Gasteiger partial charge in [-0.05, 0) is 31.4 Å². The maximum atomic E-state index is 4.48. The first-order valence-corrected chi connectivity index (χ1v) is 5.32. The van der Waals surface area contributed by atoms with E-state index in [2.05, 4.69) is 28.3 Å². The number of hydrogen-bond donors (Lipinski definition) is 0. The van der Waals surface area contributed by atoms with Gasteiger partial charge >= 0.3 is 0 Å². The van der Waals surface area contributed by atoms with Crippen LogP contribution in [-0.2, 0) is 0 Å². The van der Waals surface area contributed by atoms with Gasteiger partial charge in [-0.15, -0.1) is 11.8 Å². The van der Waals surface area contributed by atoms with E-state index in [0.717, 1.165) is 17.4 Å². The third-order valence-corrected chi connectivity index (χ3v) is 2.95. The summed E-state index contributed by atoms with van der Waals surface area (Å²) in [6, 6.07) is 6.12. The highest BCUT2D eigenvalue weighted by atomic mass is 32.2. The van der Waals surface area contributed by atoms with Crippen LogP contribution in [0.5, 0.6) is 0 Å². The molecule has 68 valence electrons. The average Bonchev–Trinajstić information content (AvgIpc) is 2.51. The number of pyridine rings is 1. The van der Waals surface area contributed by atoms with Crippen LogP contribution in [0, 0.1) is 6.92 Å². The Bertz CT molecular complexity index is 347. The van der Waals surface area contributed by atoms with Crippen molar-refractivity contribution in [1.82, 2.24) is 4.98 Å². The van der Waals surface area contributed by atoms with Crippen molar-refractivity contribution >= 4 is 17.6 Å². The van der Waals surface area contributed by atoms with Gasteiger partial charge in [0, 0.05) is 11.4 Å². The fourth-order valence-corrected chi connectivity index (χ4v) is 2.25. The molecular weight excluding hydrogens is 180 g/mol. The summed E-state index contributed by atoms with van der Waals surface area (Å²) in [5, 5.41) is 2.17. The molecule has 0 saturated heterocycles. The third-order valence-electron chi connectivity index (χ3n) is 2.03. The fraction of sp³-hybridized carbons (Fsp3) is 0.300. The van der Waals surface area contributed by atoms with Crippen LogP contribution in [0.15, 0.2) is 29.3 Å². The Morgan fingerprint density at radius 1 is 1.38 bits per heavy atom. The zero-order valence-electron chi connectivity index (χ0n) is 7.82. The number of allylic oxidation sites excluding steroid dienone is 1. The lowest BCUT2D eigenvalue weighted by Crippen LogP contribution is -2.17. The average molecular weight is 192 g/mol. The molecule has 0 radical (unpaired) electrons. The lowest BCUT2D eigenvalue weighted by Gasteiger charge is -2.17. The molecule has 0 saturated carbocycles. The van der Waals surface area contributed by atoms with Gasteiger partial charge in [-0.3, -0.25) is 0 Å². The van der Waals surface area contributed by atoms with Crippen molar-refractivity contribution in [3.8, 4) is 0 Å². The summed E-state index contributed by atoms with van der Waals surface area (Å²) >= 11 is 1.81. The molecule has 13 heavy (non-hydrogen) atoms. The van der Waals surface area contributed by atoms with Crippen LogP contribution in [-0.4, -0.2) is 10.9 Å². The number of anilines is 1. The predicted octanol–water partition coefficient (Wildman–Crippen LogP) is 2.76. The second-order valence-corrected chi connectivity index (χ2v) is 3.95. The molecule has 0 aromatic carbocycles. The smallest absolute Gasteiger partial charge is 0.133 e. The van der Waals surface area contributed by atoms with E-state index in [-0.39, 0.29) is 0 Å². The van der Waals surface area contributed by atoms with Gasteiger partial charge in [0.2, 0.25) is 0 Å². The molecule has 1 aliphatic rings. The number of rotatable bonds is 1. The lowest BCUT2D eigenvalue weighted by molar-refractivity contribution is 1.02. The molecule has 0 atom stereocenters. The van der Waals surface area contributed by atoms with Crippen LogP contribution >= 0.6 is 11.8 Å². The van der Waals surface area contributed by atoms with Gasteiger partial charge in [-0.2, -0.15) is 0 Å². The molecule has 0 bridgehead atoms. The summed E-state index contributed by atoms with van der Waals surface area (Å²) in [6.45, 7) is 4.13. The molecular formula is C10H12N2S. The molecule has 2 heterocycles. The Labute approximate surface area is 82.7 Å². The van der Waals surface area contributed by atoms with Crippen molar-refractivity contribution in [1.29, 1.82) is 0 Å². The molecule has 0 unspecified atom stereocenters. The Hall–Kier alpha value is -0.960. The van der Waals surface area contributed by atoms with Gasteiger partial charge in [-0.1, -0.05) is 6.07 Å².